The summed E-state index contributed by atoms with van der Waals surface area (Å²) in [6.45, 7) is 3.46. The van der Waals surface area contributed by atoms with Crippen molar-refractivity contribution in [2.75, 3.05) is 6.61 Å². The predicted molar refractivity (Wildman–Crippen MR) is 88.4 cm³/mol. The quantitative estimate of drug-likeness (QED) is 0.799. The van der Waals surface area contributed by atoms with Crippen LogP contribution in [-0.2, 0) is 17.7 Å². The molecule has 3 heterocycles. The van der Waals surface area contributed by atoms with Gasteiger partial charge in [0.25, 0.3) is 0 Å². The first-order valence-electron chi connectivity index (χ1n) is 7.75. The second-order valence-electron chi connectivity index (χ2n) is 5.53. The van der Waals surface area contributed by atoms with Gasteiger partial charge in [-0.15, -0.1) is 0 Å². The Bertz CT molecular complexity index is 839. The Morgan fingerprint density at radius 3 is 2.96 bits per heavy atom. The second-order valence-corrected chi connectivity index (χ2v) is 5.94. The fourth-order valence-electron chi connectivity index (χ4n) is 3.00. The van der Waals surface area contributed by atoms with Gasteiger partial charge in [0.15, 0.2) is 11.6 Å². The molecule has 0 radical (unpaired) electrons. The Morgan fingerprint density at radius 1 is 1.30 bits per heavy atom. The van der Waals surface area contributed by atoms with E-state index in [0.29, 0.717) is 17.6 Å². The van der Waals surface area contributed by atoms with Crippen molar-refractivity contribution >= 4 is 11.6 Å². The fraction of sp³-hybridized carbons (Fsp3) is 0.294. The number of fused-ring (bicyclic) bond motifs is 1. The molecule has 0 fully saturated rings. The molecule has 118 valence electrons. The molecule has 4 rings (SSSR count). The lowest BCUT2D eigenvalue weighted by Gasteiger charge is -2.23. The number of H-pyrrole nitrogens is 1. The topological polar surface area (TPSA) is 55.7 Å². The van der Waals surface area contributed by atoms with Crippen molar-refractivity contribution in [3.8, 4) is 11.5 Å². The van der Waals surface area contributed by atoms with Gasteiger partial charge in [-0.2, -0.15) is 5.10 Å². The van der Waals surface area contributed by atoms with Crippen LogP contribution in [0.4, 0.5) is 0 Å². The van der Waals surface area contributed by atoms with E-state index in [1.54, 1.807) is 0 Å². The summed E-state index contributed by atoms with van der Waals surface area (Å²) < 4.78 is 7.84. The Hall–Kier alpha value is -2.11. The lowest BCUT2D eigenvalue weighted by atomic mass is 9.97. The number of halogens is 1. The number of aromatic nitrogens is 4. The molecule has 0 aliphatic carbocycles. The van der Waals surface area contributed by atoms with Crippen molar-refractivity contribution in [2.45, 2.75) is 26.0 Å². The highest BCUT2D eigenvalue weighted by Crippen LogP contribution is 2.32. The molecular weight excluding hydrogens is 312 g/mol. The van der Waals surface area contributed by atoms with E-state index >= 15 is 0 Å². The van der Waals surface area contributed by atoms with E-state index in [0.717, 1.165) is 30.0 Å². The summed E-state index contributed by atoms with van der Waals surface area (Å²) >= 11 is 5.99. The van der Waals surface area contributed by atoms with Crippen LogP contribution in [-0.4, -0.2) is 26.4 Å². The fourth-order valence-corrected chi connectivity index (χ4v) is 3.16. The summed E-state index contributed by atoms with van der Waals surface area (Å²) in [5.41, 5.74) is 3.32. The molecule has 1 N–H and O–H groups in total. The molecule has 1 atom stereocenters. The van der Waals surface area contributed by atoms with Crippen LogP contribution in [0, 0.1) is 0 Å². The van der Waals surface area contributed by atoms with E-state index in [9.17, 15) is 0 Å². The van der Waals surface area contributed by atoms with Gasteiger partial charge in [0.05, 0.1) is 12.3 Å². The smallest absolute Gasteiger partial charge is 0.184 e. The highest BCUT2D eigenvalue weighted by Gasteiger charge is 2.27. The lowest BCUT2D eigenvalue weighted by Crippen LogP contribution is -2.18. The summed E-state index contributed by atoms with van der Waals surface area (Å²) in [7, 11) is 0. The molecule has 23 heavy (non-hydrogen) atoms. The summed E-state index contributed by atoms with van der Waals surface area (Å²) in [6, 6.07) is 12.1. The second kappa shape index (κ2) is 5.83. The van der Waals surface area contributed by atoms with Crippen LogP contribution in [0.25, 0.3) is 11.5 Å². The van der Waals surface area contributed by atoms with Gasteiger partial charge in [0.1, 0.15) is 11.3 Å². The van der Waals surface area contributed by atoms with Crippen molar-refractivity contribution in [3.63, 3.8) is 0 Å². The number of nitrogens with zero attached hydrogens (tertiary/aromatic N) is 3. The molecule has 1 aliphatic rings. The molecule has 1 unspecified atom stereocenters. The van der Waals surface area contributed by atoms with Crippen molar-refractivity contribution in [1.82, 2.24) is 19.7 Å². The van der Waals surface area contributed by atoms with E-state index in [1.165, 1.54) is 5.56 Å². The van der Waals surface area contributed by atoms with Gasteiger partial charge < -0.3 is 9.72 Å². The van der Waals surface area contributed by atoms with Crippen LogP contribution in [0.3, 0.4) is 0 Å². The summed E-state index contributed by atoms with van der Waals surface area (Å²) in [5, 5.41) is 5.24. The van der Waals surface area contributed by atoms with Gasteiger partial charge in [0, 0.05) is 6.54 Å². The summed E-state index contributed by atoms with van der Waals surface area (Å²) in [5.74, 6) is 1.47. The number of hydrogen-bond acceptors (Lipinski definition) is 3. The van der Waals surface area contributed by atoms with E-state index < -0.39 is 0 Å². The van der Waals surface area contributed by atoms with E-state index in [4.69, 9.17) is 21.3 Å². The highest BCUT2D eigenvalue weighted by molar-refractivity contribution is 6.29. The molecule has 1 aliphatic heterocycles. The predicted octanol–water partition coefficient (Wildman–Crippen LogP) is 3.61. The van der Waals surface area contributed by atoms with Gasteiger partial charge in [0.2, 0.25) is 0 Å². The molecule has 0 amide bonds. The monoisotopic (exact) mass is 328 g/mol. The zero-order valence-electron chi connectivity index (χ0n) is 12.8. The Morgan fingerprint density at radius 2 is 2.17 bits per heavy atom. The Kier molecular flexibility index (Phi) is 3.67. The van der Waals surface area contributed by atoms with Gasteiger partial charge in [-0.3, -0.25) is 0 Å². The maximum atomic E-state index is 5.99. The van der Waals surface area contributed by atoms with Crippen LogP contribution in [0.5, 0.6) is 0 Å². The third-order valence-electron chi connectivity index (χ3n) is 4.11. The molecular formula is C17H17ClN4O. The van der Waals surface area contributed by atoms with Gasteiger partial charge in [-0.1, -0.05) is 35.9 Å². The lowest BCUT2D eigenvalue weighted by molar-refractivity contribution is 0.0639. The number of hydrogen-bond donors (Lipinski definition) is 1. The zero-order chi connectivity index (χ0) is 15.8. The molecule has 6 heteroatoms. The number of benzene rings is 1. The minimum absolute atomic E-state index is 0.211. The number of nitrogens with one attached hydrogen (secondary N) is 1. The van der Waals surface area contributed by atoms with E-state index in [2.05, 4.69) is 28.3 Å². The van der Waals surface area contributed by atoms with E-state index in [-0.39, 0.29) is 6.10 Å². The Labute approximate surface area is 139 Å². The number of rotatable bonds is 3. The van der Waals surface area contributed by atoms with Gasteiger partial charge in [-0.25, -0.2) is 9.67 Å². The minimum atomic E-state index is -0.211. The SMILES string of the molecule is CCn1nc(C2OCCc3ccccc32)nc1-c1ccc(Cl)[nH]1. The summed E-state index contributed by atoms with van der Waals surface area (Å²) in [6.07, 6.45) is 0.720. The molecule has 0 saturated carbocycles. The third kappa shape index (κ3) is 2.56. The molecule has 5 nitrogen and oxygen atoms in total. The minimum Gasteiger partial charge on any atom is -0.365 e. The van der Waals surface area contributed by atoms with Gasteiger partial charge >= 0.3 is 0 Å². The first-order chi connectivity index (χ1) is 11.3. The van der Waals surface area contributed by atoms with Crippen molar-refractivity contribution < 1.29 is 4.74 Å². The van der Waals surface area contributed by atoms with Crippen LogP contribution < -0.4 is 0 Å². The maximum Gasteiger partial charge on any atom is 0.184 e. The van der Waals surface area contributed by atoms with Gasteiger partial charge in [-0.05, 0) is 36.6 Å². The van der Waals surface area contributed by atoms with Crippen molar-refractivity contribution in [1.29, 1.82) is 0 Å². The van der Waals surface area contributed by atoms with Crippen LogP contribution in [0.1, 0.15) is 30.0 Å². The molecule has 0 bridgehead atoms. The van der Waals surface area contributed by atoms with Crippen LogP contribution in [0.15, 0.2) is 36.4 Å². The molecule has 1 aromatic carbocycles. The maximum absolute atomic E-state index is 5.99. The normalized spacial score (nSPS) is 17.2. The standard InChI is InChI=1S/C17H17ClN4O/c1-2-22-17(13-7-8-14(18)19-13)20-16(21-22)15-12-6-4-3-5-11(12)9-10-23-15/h3-8,15,19H,2,9-10H2,1H3. The number of aryl methyl sites for hydroxylation is 1. The number of ether oxygens (including phenoxy) is 1. The first-order valence-corrected chi connectivity index (χ1v) is 8.13. The molecule has 2 aromatic heterocycles. The number of aromatic amines is 1. The van der Waals surface area contributed by atoms with E-state index in [1.807, 2.05) is 29.8 Å². The molecule has 0 saturated heterocycles. The first kappa shape index (κ1) is 14.5. The summed E-state index contributed by atoms with van der Waals surface area (Å²) in [4.78, 5) is 7.83. The third-order valence-corrected chi connectivity index (χ3v) is 4.33. The largest absolute Gasteiger partial charge is 0.365 e. The van der Waals surface area contributed by atoms with Crippen molar-refractivity contribution in [3.05, 3.63) is 58.5 Å². The van der Waals surface area contributed by atoms with Crippen LogP contribution >= 0.6 is 11.6 Å². The Balaban J connectivity index is 1.78. The molecule has 3 aromatic rings. The average molecular weight is 329 g/mol. The zero-order valence-corrected chi connectivity index (χ0v) is 13.5. The highest BCUT2D eigenvalue weighted by atomic mass is 35.5. The average Bonchev–Trinajstić information content (AvgIpc) is 3.20. The molecule has 0 spiro atoms. The van der Waals surface area contributed by atoms with Crippen LogP contribution in [0.2, 0.25) is 5.15 Å². The van der Waals surface area contributed by atoms with Crippen molar-refractivity contribution in [2.24, 2.45) is 0 Å².